The third kappa shape index (κ3) is 4.13. The van der Waals surface area contributed by atoms with Gasteiger partial charge in [-0.1, -0.05) is 38.8 Å². The largest absolute Gasteiger partial charge is 0.310 e. The number of unbranched alkanes of at least 4 members (excludes halogenated alkanes) is 1. The van der Waals surface area contributed by atoms with Crippen molar-refractivity contribution in [2.45, 2.75) is 66.3 Å². The highest BCUT2D eigenvalue weighted by atomic mass is 14.9. The van der Waals surface area contributed by atoms with Crippen LogP contribution in [-0.2, 0) is 0 Å². The van der Waals surface area contributed by atoms with E-state index in [0.717, 1.165) is 6.54 Å². The van der Waals surface area contributed by atoms with Crippen molar-refractivity contribution in [1.82, 2.24) is 5.32 Å². The minimum Gasteiger partial charge on any atom is -0.310 e. The molecule has 0 aromatic heterocycles. The van der Waals surface area contributed by atoms with Crippen molar-refractivity contribution in [3.63, 3.8) is 0 Å². The second kappa shape index (κ2) is 7.58. The van der Waals surface area contributed by atoms with Crippen molar-refractivity contribution in [2.75, 3.05) is 6.54 Å². The minimum absolute atomic E-state index is 0.532. The van der Waals surface area contributed by atoms with Gasteiger partial charge in [0.2, 0.25) is 0 Å². The minimum atomic E-state index is 0.532. The van der Waals surface area contributed by atoms with Gasteiger partial charge in [0.1, 0.15) is 0 Å². The molecule has 1 aromatic carbocycles. The first-order valence-electron chi connectivity index (χ1n) is 7.41. The van der Waals surface area contributed by atoms with Crippen LogP contribution < -0.4 is 5.32 Å². The van der Waals surface area contributed by atoms with Crippen molar-refractivity contribution < 1.29 is 0 Å². The van der Waals surface area contributed by atoms with Crippen LogP contribution in [0.25, 0.3) is 0 Å². The summed E-state index contributed by atoms with van der Waals surface area (Å²) in [6, 6.07) is 5.24. The van der Waals surface area contributed by atoms with E-state index in [1.54, 1.807) is 0 Å². The lowest BCUT2D eigenvalue weighted by Gasteiger charge is -2.22. The van der Waals surface area contributed by atoms with Gasteiger partial charge in [0.05, 0.1) is 0 Å². The summed E-state index contributed by atoms with van der Waals surface area (Å²) in [6.07, 6.45) is 5.02. The summed E-state index contributed by atoms with van der Waals surface area (Å²) in [5, 5.41) is 3.71. The zero-order valence-electron chi connectivity index (χ0n) is 12.8. The fourth-order valence-corrected chi connectivity index (χ4v) is 2.45. The van der Waals surface area contributed by atoms with E-state index < -0.39 is 0 Å². The van der Waals surface area contributed by atoms with Gasteiger partial charge in [-0.3, -0.25) is 0 Å². The Morgan fingerprint density at radius 2 is 1.61 bits per heavy atom. The fraction of sp³-hybridized carbons (Fsp3) is 0.647. The van der Waals surface area contributed by atoms with Crippen molar-refractivity contribution in [1.29, 1.82) is 0 Å². The summed E-state index contributed by atoms with van der Waals surface area (Å²) in [5.41, 5.74) is 5.75. The molecule has 0 amide bonds. The Kier molecular flexibility index (Phi) is 6.42. The maximum absolute atomic E-state index is 3.71. The average Bonchev–Trinajstić information content (AvgIpc) is 2.35. The average molecular weight is 247 g/mol. The van der Waals surface area contributed by atoms with E-state index in [1.165, 1.54) is 47.9 Å². The van der Waals surface area contributed by atoms with Gasteiger partial charge in [-0.15, -0.1) is 0 Å². The summed E-state index contributed by atoms with van der Waals surface area (Å²) in [6.45, 7) is 12.3. The summed E-state index contributed by atoms with van der Waals surface area (Å²) < 4.78 is 0. The van der Waals surface area contributed by atoms with Crippen LogP contribution in [-0.4, -0.2) is 6.54 Å². The van der Waals surface area contributed by atoms with E-state index in [2.05, 4.69) is 52.1 Å². The van der Waals surface area contributed by atoms with Crippen molar-refractivity contribution in [3.8, 4) is 0 Å². The van der Waals surface area contributed by atoms with E-state index in [9.17, 15) is 0 Å². The van der Waals surface area contributed by atoms with Gasteiger partial charge in [0, 0.05) is 6.04 Å². The Bertz CT molecular complexity index is 360. The van der Waals surface area contributed by atoms with Crippen LogP contribution >= 0.6 is 0 Å². The Morgan fingerprint density at radius 3 is 2.22 bits per heavy atom. The molecule has 1 nitrogen and oxygen atoms in total. The zero-order chi connectivity index (χ0) is 13.5. The monoisotopic (exact) mass is 247 g/mol. The van der Waals surface area contributed by atoms with Gasteiger partial charge >= 0.3 is 0 Å². The number of hydrogen-bond donors (Lipinski definition) is 1. The normalized spacial score (nSPS) is 12.7. The molecule has 0 aliphatic carbocycles. The maximum atomic E-state index is 3.71. The molecule has 1 heteroatoms. The highest BCUT2D eigenvalue weighted by Gasteiger charge is 2.13. The molecule has 18 heavy (non-hydrogen) atoms. The Balaban J connectivity index is 2.92. The lowest BCUT2D eigenvalue weighted by atomic mass is 9.93. The molecule has 0 saturated heterocycles. The van der Waals surface area contributed by atoms with Gasteiger partial charge in [0.25, 0.3) is 0 Å². The first-order chi connectivity index (χ1) is 8.60. The molecule has 1 rings (SSSR count). The van der Waals surface area contributed by atoms with E-state index >= 15 is 0 Å². The highest BCUT2D eigenvalue weighted by molar-refractivity contribution is 5.38. The smallest absolute Gasteiger partial charge is 0.0322 e. The van der Waals surface area contributed by atoms with Crippen molar-refractivity contribution in [2.24, 2.45) is 0 Å². The van der Waals surface area contributed by atoms with E-state index in [1.807, 2.05) is 0 Å². The molecule has 0 spiro atoms. The molecule has 0 aliphatic rings. The molecule has 1 aromatic rings. The molecule has 0 fully saturated rings. The van der Waals surface area contributed by atoms with E-state index in [0.29, 0.717) is 6.04 Å². The lowest BCUT2D eigenvalue weighted by molar-refractivity contribution is 0.479. The van der Waals surface area contributed by atoms with Crippen molar-refractivity contribution in [3.05, 3.63) is 34.4 Å². The van der Waals surface area contributed by atoms with Crippen LogP contribution in [0.5, 0.6) is 0 Å². The summed E-state index contributed by atoms with van der Waals surface area (Å²) >= 11 is 0. The summed E-state index contributed by atoms with van der Waals surface area (Å²) in [5.74, 6) is 0. The van der Waals surface area contributed by atoms with Gasteiger partial charge in [-0.05, 0) is 62.4 Å². The lowest BCUT2D eigenvalue weighted by Crippen LogP contribution is -2.23. The van der Waals surface area contributed by atoms with Gasteiger partial charge in [-0.25, -0.2) is 0 Å². The Labute approximate surface area is 113 Å². The standard InChI is InChI=1S/C17H29N/c1-6-8-9-17(18-10-7-2)16-12-14(4)13(3)11-15(16)5/h11-12,17-18H,6-10H2,1-5H3. The number of aryl methyl sites for hydroxylation is 3. The molecule has 0 heterocycles. The van der Waals surface area contributed by atoms with E-state index in [-0.39, 0.29) is 0 Å². The molecule has 1 N–H and O–H groups in total. The number of hydrogen-bond acceptors (Lipinski definition) is 1. The third-order valence-corrected chi connectivity index (χ3v) is 3.74. The summed E-state index contributed by atoms with van der Waals surface area (Å²) in [7, 11) is 0. The van der Waals surface area contributed by atoms with E-state index in [4.69, 9.17) is 0 Å². The number of benzene rings is 1. The highest BCUT2D eigenvalue weighted by Crippen LogP contribution is 2.25. The van der Waals surface area contributed by atoms with Gasteiger partial charge in [0.15, 0.2) is 0 Å². The molecule has 1 atom stereocenters. The molecule has 0 saturated carbocycles. The zero-order valence-corrected chi connectivity index (χ0v) is 12.8. The molecule has 102 valence electrons. The second-order valence-electron chi connectivity index (χ2n) is 5.44. The molecular formula is C17H29N. The molecule has 0 bridgehead atoms. The van der Waals surface area contributed by atoms with Crippen molar-refractivity contribution >= 4 is 0 Å². The first kappa shape index (κ1) is 15.2. The number of rotatable bonds is 7. The quantitative estimate of drug-likeness (QED) is 0.726. The number of nitrogens with one attached hydrogen (secondary N) is 1. The van der Waals surface area contributed by atoms with Crippen LogP contribution in [0.2, 0.25) is 0 Å². The first-order valence-corrected chi connectivity index (χ1v) is 7.41. The molecule has 1 unspecified atom stereocenters. The SMILES string of the molecule is CCCCC(NCCC)c1cc(C)c(C)cc1C. The third-order valence-electron chi connectivity index (χ3n) is 3.74. The Hall–Kier alpha value is -0.820. The Morgan fingerprint density at radius 1 is 0.944 bits per heavy atom. The summed E-state index contributed by atoms with van der Waals surface area (Å²) in [4.78, 5) is 0. The molecule has 0 radical (unpaired) electrons. The topological polar surface area (TPSA) is 12.0 Å². The van der Waals surface area contributed by atoms with Gasteiger partial charge in [-0.2, -0.15) is 0 Å². The maximum Gasteiger partial charge on any atom is 0.0322 e. The predicted molar refractivity (Wildman–Crippen MR) is 81.2 cm³/mol. The fourth-order valence-electron chi connectivity index (χ4n) is 2.45. The molecule has 0 aliphatic heterocycles. The second-order valence-corrected chi connectivity index (χ2v) is 5.44. The van der Waals surface area contributed by atoms with Crippen LogP contribution in [0.3, 0.4) is 0 Å². The van der Waals surface area contributed by atoms with Crippen LogP contribution in [0.4, 0.5) is 0 Å². The predicted octanol–water partition coefficient (Wildman–Crippen LogP) is 4.84. The van der Waals surface area contributed by atoms with Crippen LogP contribution in [0.1, 0.15) is 67.8 Å². The van der Waals surface area contributed by atoms with Gasteiger partial charge < -0.3 is 5.32 Å². The van der Waals surface area contributed by atoms with Crippen LogP contribution in [0.15, 0.2) is 12.1 Å². The van der Waals surface area contributed by atoms with Crippen LogP contribution in [0, 0.1) is 20.8 Å². The molecular weight excluding hydrogens is 218 g/mol.